The van der Waals surface area contributed by atoms with E-state index in [0.29, 0.717) is 17.3 Å². The van der Waals surface area contributed by atoms with E-state index in [2.05, 4.69) is 4.72 Å². The number of rotatable bonds is 6. The highest BCUT2D eigenvalue weighted by atomic mass is 35.5. The summed E-state index contributed by atoms with van der Waals surface area (Å²) >= 11 is 5.91. The molecule has 24 heavy (non-hydrogen) atoms. The van der Waals surface area contributed by atoms with Crippen LogP contribution in [0.3, 0.4) is 0 Å². The number of sulfonamides is 1. The topological polar surface area (TPSA) is 75.7 Å². The summed E-state index contributed by atoms with van der Waals surface area (Å²) in [5.41, 5.74) is 0.865. The molecule has 0 bridgehead atoms. The molecule has 1 amide bonds. The minimum Gasteiger partial charge on any atom is -0.483 e. The smallest absolute Gasteiger partial charge is 0.260 e. The van der Waals surface area contributed by atoms with Crippen LogP contribution >= 0.6 is 11.6 Å². The molecular formula is C16H23ClN2O4S. The van der Waals surface area contributed by atoms with Gasteiger partial charge in [0.25, 0.3) is 5.91 Å². The van der Waals surface area contributed by atoms with Gasteiger partial charge < -0.3 is 9.64 Å². The Balaban J connectivity index is 1.95. The van der Waals surface area contributed by atoms with Crippen molar-refractivity contribution in [3.8, 4) is 5.75 Å². The number of ether oxygens (including phenoxy) is 1. The standard InChI is InChI=1S/C16H23ClN2O4S/c1-12-9-13(17)6-7-15(12)23-11-16(20)19-8-4-3-5-14(19)10-18-24(2,21)22/h6-7,9,14,18H,3-5,8,10-11H2,1-2H3/t14-/m0/s1. The van der Waals surface area contributed by atoms with E-state index in [9.17, 15) is 13.2 Å². The summed E-state index contributed by atoms with van der Waals surface area (Å²) in [7, 11) is -3.27. The number of hydrogen-bond donors (Lipinski definition) is 1. The molecule has 6 nitrogen and oxygen atoms in total. The summed E-state index contributed by atoms with van der Waals surface area (Å²) in [6.45, 7) is 2.66. The van der Waals surface area contributed by atoms with Gasteiger partial charge in [0.05, 0.1) is 6.26 Å². The van der Waals surface area contributed by atoms with Crippen molar-refractivity contribution in [3.05, 3.63) is 28.8 Å². The first-order valence-corrected chi connectivity index (χ1v) is 10.2. The van der Waals surface area contributed by atoms with Crippen molar-refractivity contribution in [2.45, 2.75) is 32.2 Å². The number of nitrogens with one attached hydrogen (secondary N) is 1. The number of carbonyl (C=O) groups is 1. The van der Waals surface area contributed by atoms with Crippen LogP contribution in [0, 0.1) is 6.92 Å². The third-order valence-electron chi connectivity index (χ3n) is 4.02. The highest BCUT2D eigenvalue weighted by molar-refractivity contribution is 7.88. The lowest BCUT2D eigenvalue weighted by Gasteiger charge is -2.35. The first-order valence-electron chi connectivity index (χ1n) is 7.89. The molecule has 0 radical (unpaired) electrons. The summed E-state index contributed by atoms with van der Waals surface area (Å²) in [5, 5.41) is 0.620. The van der Waals surface area contributed by atoms with E-state index in [1.807, 2.05) is 6.92 Å². The van der Waals surface area contributed by atoms with Crippen molar-refractivity contribution >= 4 is 27.5 Å². The SMILES string of the molecule is Cc1cc(Cl)ccc1OCC(=O)N1CCCC[C@H]1CNS(C)(=O)=O. The second-order valence-corrected chi connectivity index (χ2v) is 8.33. The van der Waals surface area contributed by atoms with Crippen molar-refractivity contribution in [2.24, 2.45) is 0 Å². The zero-order valence-corrected chi connectivity index (χ0v) is 15.5. The number of aryl methyl sites for hydroxylation is 1. The van der Waals surface area contributed by atoms with Crippen LogP contribution in [-0.2, 0) is 14.8 Å². The number of benzene rings is 1. The monoisotopic (exact) mass is 374 g/mol. The van der Waals surface area contributed by atoms with Crippen LogP contribution in [0.2, 0.25) is 5.02 Å². The molecule has 0 aromatic heterocycles. The Morgan fingerprint density at radius 3 is 2.83 bits per heavy atom. The van der Waals surface area contributed by atoms with Crippen molar-refractivity contribution in [2.75, 3.05) is 26.0 Å². The lowest BCUT2D eigenvalue weighted by Crippen LogP contribution is -2.50. The Labute approximate surface area is 148 Å². The Hall–Kier alpha value is -1.31. The highest BCUT2D eigenvalue weighted by Crippen LogP contribution is 2.22. The molecule has 1 fully saturated rings. The third kappa shape index (κ3) is 5.65. The minimum absolute atomic E-state index is 0.0716. The number of carbonyl (C=O) groups excluding carboxylic acids is 1. The molecule has 134 valence electrons. The van der Waals surface area contributed by atoms with Crippen LogP contribution in [0.5, 0.6) is 5.75 Å². The number of likely N-dealkylation sites (tertiary alicyclic amines) is 1. The van der Waals surface area contributed by atoms with E-state index in [0.717, 1.165) is 31.1 Å². The minimum atomic E-state index is -3.27. The Morgan fingerprint density at radius 2 is 2.17 bits per heavy atom. The molecular weight excluding hydrogens is 352 g/mol. The maximum atomic E-state index is 12.5. The number of halogens is 1. The molecule has 1 aliphatic rings. The molecule has 1 aromatic rings. The van der Waals surface area contributed by atoms with Gasteiger partial charge in [-0.1, -0.05) is 11.6 Å². The van der Waals surface area contributed by atoms with Gasteiger partial charge in [0, 0.05) is 24.2 Å². The van der Waals surface area contributed by atoms with Gasteiger partial charge in [-0.2, -0.15) is 0 Å². The fourth-order valence-corrected chi connectivity index (χ4v) is 3.51. The molecule has 8 heteroatoms. The maximum Gasteiger partial charge on any atom is 0.260 e. The first-order chi connectivity index (χ1) is 11.3. The summed E-state index contributed by atoms with van der Waals surface area (Å²) in [6.07, 6.45) is 3.81. The molecule has 1 aromatic carbocycles. The molecule has 0 spiro atoms. The number of hydrogen-bond acceptors (Lipinski definition) is 4. The van der Waals surface area contributed by atoms with E-state index >= 15 is 0 Å². The van der Waals surface area contributed by atoms with E-state index < -0.39 is 10.0 Å². The van der Waals surface area contributed by atoms with Crippen LogP contribution in [0.25, 0.3) is 0 Å². The van der Waals surface area contributed by atoms with Crippen LogP contribution in [0.4, 0.5) is 0 Å². The molecule has 0 saturated carbocycles. The Bertz CT molecular complexity index is 693. The molecule has 1 N–H and O–H groups in total. The quantitative estimate of drug-likeness (QED) is 0.825. The molecule has 1 aliphatic heterocycles. The highest BCUT2D eigenvalue weighted by Gasteiger charge is 2.27. The number of amides is 1. The average Bonchev–Trinajstić information content (AvgIpc) is 2.51. The zero-order valence-electron chi connectivity index (χ0n) is 13.9. The molecule has 2 rings (SSSR count). The van der Waals surface area contributed by atoms with Gasteiger partial charge in [-0.25, -0.2) is 13.1 Å². The van der Waals surface area contributed by atoms with Gasteiger partial charge in [0.15, 0.2) is 6.61 Å². The second-order valence-electron chi connectivity index (χ2n) is 6.06. The predicted octanol–water partition coefficient (Wildman–Crippen LogP) is 1.96. The fourth-order valence-electron chi connectivity index (χ4n) is 2.79. The number of nitrogens with zero attached hydrogens (tertiary/aromatic N) is 1. The molecule has 0 unspecified atom stereocenters. The summed E-state index contributed by atoms with van der Waals surface area (Å²) in [4.78, 5) is 14.2. The predicted molar refractivity (Wildman–Crippen MR) is 93.9 cm³/mol. The van der Waals surface area contributed by atoms with Gasteiger partial charge in [0.1, 0.15) is 5.75 Å². The molecule has 0 aliphatic carbocycles. The summed E-state index contributed by atoms with van der Waals surface area (Å²) < 4.78 is 30.7. The Morgan fingerprint density at radius 1 is 1.42 bits per heavy atom. The first kappa shape index (κ1) is 19.0. The normalized spacial score (nSPS) is 18.5. The third-order valence-corrected chi connectivity index (χ3v) is 4.94. The van der Waals surface area contributed by atoms with Crippen molar-refractivity contribution in [3.63, 3.8) is 0 Å². The van der Waals surface area contributed by atoms with Gasteiger partial charge in [-0.05, 0) is 49.9 Å². The van der Waals surface area contributed by atoms with Gasteiger partial charge >= 0.3 is 0 Å². The van der Waals surface area contributed by atoms with Crippen LogP contribution in [0.15, 0.2) is 18.2 Å². The molecule has 1 saturated heterocycles. The largest absolute Gasteiger partial charge is 0.483 e. The van der Waals surface area contributed by atoms with Crippen LogP contribution in [-0.4, -0.2) is 51.2 Å². The van der Waals surface area contributed by atoms with E-state index in [1.165, 1.54) is 0 Å². The van der Waals surface area contributed by atoms with Gasteiger partial charge in [0.2, 0.25) is 10.0 Å². The second kappa shape index (κ2) is 8.18. The average molecular weight is 375 g/mol. The summed E-state index contributed by atoms with van der Waals surface area (Å²) in [5.74, 6) is 0.486. The lowest BCUT2D eigenvalue weighted by atomic mass is 10.0. The van der Waals surface area contributed by atoms with E-state index in [-0.39, 0.29) is 25.1 Å². The van der Waals surface area contributed by atoms with Crippen LogP contribution in [0.1, 0.15) is 24.8 Å². The number of piperidine rings is 1. The fraction of sp³-hybridized carbons (Fsp3) is 0.562. The molecule has 1 atom stereocenters. The maximum absolute atomic E-state index is 12.5. The van der Waals surface area contributed by atoms with Crippen molar-refractivity contribution in [1.82, 2.24) is 9.62 Å². The zero-order chi connectivity index (χ0) is 17.7. The molecule has 1 heterocycles. The van der Waals surface area contributed by atoms with Crippen molar-refractivity contribution in [1.29, 1.82) is 0 Å². The van der Waals surface area contributed by atoms with Crippen LogP contribution < -0.4 is 9.46 Å². The van der Waals surface area contributed by atoms with Gasteiger partial charge in [-0.3, -0.25) is 4.79 Å². The van der Waals surface area contributed by atoms with E-state index in [4.69, 9.17) is 16.3 Å². The Kier molecular flexibility index (Phi) is 6.48. The summed E-state index contributed by atoms with van der Waals surface area (Å²) in [6, 6.07) is 5.11. The van der Waals surface area contributed by atoms with E-state index in [1.54, 1.807) is 23.1 Å². The van der Waals surface area contributed by atoms with Crippen molar-refractivity contribution < 1.29 is 17.9 Å². The lowest BCUT2D eigenvalue weighted by molar-refractivity contribution is -0.136. The van der Waals surface area contributed by atoms with Gasteiger partial charge in [-0.15, -0.1) is 0 Å².